The molecule has 0 fully saturated rings. The number of carbonyl (C=O) groups is 2. The van der Waals surface area contributed by atoms with E-state index in [1.165, 1.54) is 6.07 Å². The van der Waals surface area contributed by atoms with E-state index in [1.54, 1.807) is 18.2 Å². The Balaban J connectivity index is 2.12. The minimum atomic E-state index is -3.80. The molecule has 28 heavy (non-hydrogen) atoms. The molecule has 0 aliphatic rings. The largest absolute Gasteiger partial charge is 0.477 e. The number of hydrogen-bond donors (Lipinski definition) is 3. The molecule has 0 atom stereocenters. The van der Waals surface area contributed by atoms with Gasteiger partial charge < -0.3 is 15.3 Å². The van der Waals surface area contributed by atoms with E-state index in [4.69, 9.17) is 5.11 Å². The number of sulfonamides is 1. The minimum absolute atomic E-state index is 0.00216. The van der Waals surface area contributed by atoms with Crippen LogP contribution in [-0.2, 0) is 19.6 Å². The van der Waals surface area contributed by atoms with Crippen molar-refractivity contribution in [1.82, 2.24) is 10.0 Å². The summed E-state index contributed by atoms with van der Waals surface area (Å²) in [4.78, 5) is 24.3. The smallest absolute Gasteiger partial charge is 0.342 e. The summed E-state index contributed by atoms with van der Waals surface area (Å²) in [6.45, 7) is -0.0431. The van der Waals surface area contributed by atoms with Crippen LogP contribution in [0, 0.1) is 0 Å². The molecule has 10 heteroatoms. The molecule has 2 aromatic carbocycles. The molecule has 1 amide bonds. The van der Waals surface area contributed by atoms with Crippen LogP contribution in [0.5, 0.6) is 0 Å². The van der Waals surface area contributed by atoms with Crippen LogP contribution in [0.1, 0.15) is 0 Å². The number of anilines is 1. The molecule has 0 spiro atoms. The van der Waals surface area contributed by atoms with Gasteiger partial charge in [-0.05, 0) is 28.1 Å². The zero-order chi connectivity index (χ0) is 20.9. The number of benzene rings is 2. The van der Waals surface area contributed by atoms with Crippen LogP contribution in [0.25, 0.3) is 10.8 Å². The van der Waals surface area contributed by atoms with Crippen molar-refractivity contribution < 1.29 is 23.1 Å². The van der Waals surface area contributed by atoms with Crippen LogP contribution in [0.4, 0.5) is 5.69 Å². The third-order valence-corrected chi connectivity index (χ3v) is 5.90. The molecule has 0 heterocycles. The quantitative estimate of drug-likeness (QED) is 0.399. The Morgan fingerprint density at radius 2 is 1.75 bits per heavy atom. The maximum Gasteiger partial charge on any atom is 0.342 e. The normalized spacial score (nSPS) is 12.0. The first-order chi connectivity index (χ1) is 13.1. The topological polar surface area (TPSA) is 116 Å². The van der Waals surface area contributed by atoms with Crippen molar-refractivity contribution in [3.05, 3.63) is 47.0 Å². The van der Waals surface area contributed by atoms with Crippen LogP contribution in [-0.4, -0.2) is 52.6 Å². The predicted octanol–water partition coefficient (Wildman–Crippen LogP) is 1.66. The first-order valence-corrected chi connectivity index (χ1v) is 10.5. The van der Waals surface area contributed by atoms with Gasteiger partial charge in [-0.3, -0.25) is 4.79 Å². The highest BCUT2D eigenvalue weighted by Crippen LogP contribution is 2.29. The summed E-state index contributed by atoms with van der Waals surface area (Å²) >= 11 is 2.74. The van der Waals surface area contributed by atoms with Gasteiger partial charge >= 0.3 is 5.97 Å². The lowest BCUT2D eigenvalue weighted by molar-refractivity contribution is -0.132. The number of carboxylic acid groups (broad SMARTS) is 1. The molecule has 2 aromatic rings. The lowest BCUT2D eigenvalue weighted by Gasteiger charge is -2.17. The number of amides is 1. The number of aliphatic carboxylic acids is 1. The number of carboxylic acids is 1. The summed E-state index contributed by atoms with van der Waals surface area (Å²) in [6.07, 6.45) is 0.865. The highest BCUT2D eigenvalue weighted by Gasteiger charge is 2.18. The Kier molecular flexibility index (Phi) is 7.17. The van der Waals surface area contributed by atoms with Crippen molar-refractivity contribution in [2.45, 2.75) is 4.90 Å². The van der Waals surface area contributed by atoms with Crippen LogP contribution in [0.15, 0.2) is 51.9 Å². The fourth-order valence-corrected chi connectivity index (χ4v) is 4.03. The Hall–Kier alpha value is -2.43. The van der Waals surface area contributed by atoms with E-state index >= 15 is 0 Å². The van der Waals surface area contributed by atoms with Crippen molar-refractivity contribution in [2.24, 2.45) is 0 Å². The van der Waals surface area contributed by atoms with E-state index in [1.807, 2.05) is 31.1 Å². The van der Waals surface area contributed by atoms with Gasteiger partial charge in [0.25, 0.3) is 0 Å². The second-order valence-corrected chi connectivity index (χ2v) is 8.60. The zero-order valence-electron chi connectivity index (χ0n) is 15.3. The van der Waals surface area contributed by atoms with Gasteiger partial charge in [-0.25, -0.2) is 17.9 Å². The first-order valence-electron chi connectivity index (χ1n) is 8.20. The number of nitrogens with zero attached hydrogens (tertiary/aromatic N) is 1. The van der Waals surface area contributed by atoms with E-state index in [0.29, 0.717) is 5.39 Å². The zero-order valence-corrected chi connectivity index (χ0v) is 17.7. The molecule has 0 unspecified atom stereocenters. The number of halogens is 1. The number of hydrogen-bond acceptors (Lipinski definition) is 5. The van der Waals surface area contributed by atoms with E-state index in [0.717, 1.165) is 17.1 Å². The highest BCUT2D eigenvalue weighted by atomic mass is 79.9. The van der Waals surface area contributed by atoms with E-state index in [2.05, 4.69) is 26.0 Å². The molecule has 8 nitrogen and oxygen atoms in total. The Bertz CT molecular complexity index is 1030. The Morgan fingerprint density at radius 1 is 1.11 bits per heavy atom. The molecule has 0 saturated heterocycles. The third-order valence-electron chi connectivity index (χ3n) is 3.81. The lowest BCUT2D eigenvalue weighted by Crippen LogP contribution is -2.34. The molecule has 3 N–H and O–H groups in total. The summed E-state index contributed by atoms with van der Waals surface area (Å²) in [5, 5.41) is 12.5. The predicted molar refractivity (Wildman–Crippen MR) is 111 cm³/mol. The standard InChI is InChI=1S/C18H20BrN3O5S/c1-22(2)15-7-3-6-13-12(15)5-4-8-16(13)28(26,27)21-10-9-20-17(23)11-14(19)18(24)25/h3-8,11,21H,9-10H2,1-2H3,(H,20,23)(H,24,25)/b14-11-. The van der Waals surface area contributed by atoms with Crippen molar-refractivity contribution in [3.63, 3.8) is 0 Å². The fraction of sp³-hybridized carbons (Fsp3) is 0.222. The molecular weight excluding hydrogens is 450 g/mol. The summed E-state index contributed by atoms with van der Waals surface area (Å²) < 4.78 is 27.6. The summed E-state index contributed by atoms with van der Waals surface area (Å²) in [5.41, 5.74) is 0.901. The number of nitrogens with one attached hydrogen (secondary N) is 2. The number of rotatable bonds is 8. The lowest BCUT2D eigenvalue weighted by atomic mass is 10.1. The molecule has 0 saturated carbocycles. The monoisotopic (exact) mass is 469 g/mol. The van der Waals surface area contributed by atoms with Crippen LogP contribution in [0.3, 0.4) is 0 Å². The summed E-state index contributed by atoms with van der Waals surface area (Å²) in [6, 6.07) is 10.5. The fourth-order valence-electron chi connectivity index (χ4n) is 2.57. The van der Waals surface area contributed by atoms with Crippen molar-refractivity contribution >= 4 is 54.3 Å². The second-order valence-electron chi connectivity index (χ2n) is 6.01. The first kappa shape index (κ1) is 21.9. The molecule has 0 aliphatic carbocycles. The van der Waals surface area contributed by atoms with Crippen LogP contribution >= 0.6 is 15.9 Å². The maximum atomic E-state index is 12.7. The second kappa shape index (κ2) is 9.18. The van der Waals surface area contributed by atoms with E-state index < -0.39 is 21.9 Å². The molecule has 150 valence electrons. The number of fused-ring (bicyclic) bond motifs is 1. The van der Waals surface area contributed by atoms with E-state index in [-0.39, 0.29) is 22.5 Å². The van der Waals surface area contributed by atoms with Crippen molar-refractivity contribution in [2.75, 3.05) is 32.1 Å². The van der Waals surface area contributed by atoms with Crippen molar-refractivity contribution in [1.29, 1.82) is 0 Å². The number of carbonyl (C=O) groups excluding carboxylic acids is 1. The maximum absolute atomic E-state index is 12.7. The molecule has 2 rings (SSSR count). The van der Waals surface area contributed by atoms with Gasteiger partial charge in [0, 0.05) is 49.7 Å². The van der Waals surface area contributed by atoms with E-state index in [9.17, 15) is 18.0 Å². The molecule has 0 bridgehead atoms. The Morgan fingerprint density at radius 3 is 2.39 bits per heavy atom. The molecule has 0 aliphatic heterocycles. The molecule has 0 radical (unpaired) electrons. The average molecular weight is 470 g/mol. The summed E-state index contributed by atoms with van der Waals surface area (Å²) in [5.74, 6) is -1.92. The molecular formula is C18H20BrN3O5S. The Labute approximate surface area is 171 Å². The van der Waals surface area contributed by atoms with Gasteiger partial charge in [-0.2, -0.15) is 0 Å². The van der Waals surface area contributed by atoms with Crippen molar-refractivity contribution in [3.8, 4) is 0 Å². The summed E-state index contributed by atoms with van der Waals surface area (Å²) in [7, 11) is -0.0364. The van der Waals surface area contributed by atoms with Crippen LogP contribution < -0.4 is 14.9 Å². The highest BCUT2D eigenvalue weighted by molar-refractivity contribution is 9.12. The van der Waals surface area contributed by atoms with Gasteiger partial charge in [0.05, 0.1) is 4.90 Å². The average Bonchev–Trinajstić information content (AvgIpc) is 2.64. The van der Waals surface area contributed by atoms with Gasteiger partial charge in [-0.1, -0.05) is 24.3 Å². The third kappa shape index (κ3) is 5.31. The van der Waals surface area contributed by atoms with Crippen LogP contribution in [0.2, 0.25) is 0 Å². The van der Waals surface area contributed by atoms with Gasteiger partial charge in [0.1, 0.15) is 4.48 Å². The van der Waals surface area contributed by atoms with Gasteiger partial charge in [-0.15, -0.1) is 0 Å². The minimum Gasteiger partial charge on any atom is -0.477 e. The SMILES string of the molecule is CN(C)c1cccc2c(S(=O)(=O)NCCNC(=O)/C=C(\Br)C(=O)O)cccc12. The van der Waals surface area contributed by atoms with Gasteiger partial charge in [0.2, 0.25) is 15.9 Å². The molecule has 0 aromatic heterocycles. The van der Waals surface area contributed by atoms with Gasteiger partial charge in [0.15, 0.2) is 0 Å².